The lowest BCUT2D eigenvalue weighted by Gasteiger charge is -2.09. The maximum absolute atomic E-state index is 11.9. The Bertz CT molecular complexity index is 622. The van der Waals surface area contributed by atoms with Crippen LogP contribution in [0.5, 0.6) is 0 Å². The third-order valence-corrected chi connectivity index (χ3v) is 3.47. The fourth-order valence-electron chi connectivity index (χ4n) is 2.07. The van der Waals surface area contributed by atoms with Crippen LogP contribution in [0, 0.1) is 0 Å². The summed E-state index contributed by atoms with van der Waals surface area (Å²) in [6, 6.07) is 11.8. The molecule has 1 aromatic heterocycles. The molecular weight excluding hydrogens is 290 g/mol. The van der Waals surface area contributed by atoms with Gasteiger partial charge in [-0.05, 0) is 35.7 Å². The normalized spacial score (nSPS) is 10.6. The van der Waals surface area contributed by atoms with Crippen molar-refractivity contribution in [3.05, 3.63) is 53.7 Å². The maximum Gasteiger partial charge on any atom is 0.252 e. The van der Waals surface area contributed by atoms with Gasteiger partial charge in [0.2, 0.25) is 0 Å². The van der Waals surface area contributed by atoms with Crippen molar-refractivity contribution in [2.45, 2.75) is 19.8 Å². The molecule has 0 atom stereocenters. The number of carbonyl (C=O) groups excluding carboxylic acids is 1. The van der Waals surface area contributed by atoms with Gasteiger partial charge in [0.05, 0.1) is 12.2 Å². The summed E-state index contributed by atoms with van der Waals surface area (Å²) in [6.45, 7) is 5.31. The molecule has 0 unspecified atom stereocenters. The van der Waals surface area contributed by atoms with Crippen LogP contribution >= 0.6 is 0 Å². The molecule has 0 saturated carbocycles. The Hall–Kier alpha value is -2.40. The summed E-state index contributed by atoms with van der Waals surface area (Å²) in [6.07, 6.45) is 1.56. The number of pyridine rings is 1. The third kappa shape index (κ3) is 5.07. The summed E-state index contributed by atoms with van der Waals surface area (Å²) in [5, 5.41) is 5.99. The van der Waals surface area contributed by atoms with Gasteiger partial charge in [0.15, 0.2) is 0 Å². The van der Waals surface area contributed by atoms with Crippen molar-refractivity contribution in [2.75, 3.05) is 25.6 Å². The SMILES string of the molecule is COCCNC(=O)c1ccc(Nc2ccc(C(C)C)cc2)nc1. The van der Waals surface area contributed by atoms with Gasteiger partial charge >= 0.3 is 0 Å². The molecule has 0 aliphatic rings. The van der Waals surface area contributed by atoms with Gasteiger partial charge in [0, 0.05) is 25.5 Å². The number of benzene rings is 1. The van der Waals surface area contributed by atoms with Crippen molar-refractivity contribution in [2.24, 2.45) is 0 Å². The van der Waals surface area contributed by atoms with E-state index in [0.29, 0.717) is 30.5 Å². The molecule has 0 spiro atoms. The number of aromatic nitrogens is 1. The van der Waals surface area contributed by atoms with Crippen LogP contribution in [0.4, 0.5) is 11.5 Å². The zero-order chi connectivity index (χ0) is 16.7. The number of carbonyl (C=O) groups is 1. The fourth-order valence-corrected chi connectivity index (χ4v) is 2.07. The Labute approximate surface area is 137 Å². The van der Waals surface area contributed by atoms with Crippen LogP contribution in [0.2, 0.25) is 0 Å². The second kappa shape index (κ2) is 8.29. The number of anilines is 2. The summed E-state index contributed by atoms with van der Waals surface area (Å²) < 4.78 is 4.90. The number of hydrogen-bond donors (Lipinski definition) is 2. The maximum atomic E-state index is 11.9. The third-order valence-electron chi connectivity index (χ3n) is 3.47. The van der Waals surface area contributed by atoms with E-state index < -0.39 is 0 Å². The molecular formula is C18H23N3O2. The summed E-state index contributed by atoms with van der Waals surface area (Å²) in [5.41, 5.74) is 2.80. The molecule has 2 aromatic rings. The van der Waals surface area contributed by atoms with Gasteiger partial charge in [0.1, 0.15) is 5.82 Å². The van der Waals surface area contributed by atoms with Crippen LogP contribution in [0.1, 0.15) is 35.7 Å². The molecule has 0 saturated heterocycles. The van der Waals surface area contributed by atoms with Gasteiger partial charge in [-0.1, -0.05) is 26.0 Å². The second-order valence-corrected chi connectivity index (χ2v) is 5.58. The fraction of sp³-hybridized carbons (Fsp3) is 0.333. The van der Waals surface area contributed by atoms with E-state index in [1.54, 1.807) is 25.4 Å². The van der Waals surface area contributed by atoms with Crippen molar-refractivity contribution in [1.29, 1.82) is 0 Å². The molecule has 5 nitrogen and oxygen atoms in total. The lowest BCUT2D eigenvalue weighted by Crippen LogP contribution is -2.26. The largest absolute Gasteiger partial charge is 0.383 e. The van der Waals surface area contributed by atoms with Crippen LogP contribution in [0.25, 0.3) is 0 Å². The van der Waals surface area contributed by atoms with E-state index in [2.05, 4.69) is 41.6 Å². The summed E-state index contributed by atoms with van der Waals surface area (Å²) in [7, 11) is 1.60. The number of methoxy groups -OCH3 is 1. The molecule has 5 heteroatoms. The minimum absolute atomic E-state index is 0.151. The zero-order valence-electron chi connectivity index (χ0n) is 13.8. The van der Waals surface area contributed by atoms with Gasteiger partial charge < -0.3 is 15.4 Å². The molecule has 2 N–H and O–H groups in total. The Morgan fingerprint density at radius 1 is 1.17 bits per heavy atom. The van der Waals surface area contributed by atoms with Gasteiger partial charge in [0.25, 0.3) is 5.91 Å². The minimum atomic E-state index is -0.151. The summed E-state index contributed by atoms with van der Waals surface area (Å²) in [4.78, 5) is 16.1. The Morgan fingerprint density at radius 2 is 1.91 bits per heavy atom. The van der Waals surface area contributed by atoms with Crippen molar-refractivity contribution in [3.63, 3.8) is 0 Å². The molecule has 122 valence electrons. The molecule has 0 aliphatic carbocycles. The first-order valence-corrected chi connectivity index (χ1v) is 7.70. The topological polar surface area (TPSA) is 63.2 Å². The summed E-state index contributed by atoms with van der Waals surface area (Å²) in [5.74, 6) is 1.07. The second-order valence-electron chi connectivity index (χ2n) is 5.58. The van der Waals surface area contributed by atoms with E-state index in [1.807, 2.05) is 12.1 Å². The molecule has 1 aromatic carbocycles. The molecule has 1 amide bonds. The minimum Gasteiger partial charge on any atom is -0.383 e. The van der Waals surface area contributed by atoms with Crippen LogP contribution in [-0.2, 0) is 4.74 Å². The van der Waals surface area contributed by atoms with Gasteiger partial charge in [-0.15, -0.1) is 0 Å². The highest BCUT2D eigenvalue weighted by molar-refractivity contribution is 5.94. The van der Waals surface area contributed by atoms with Gasteiger partial charge in [-0.2, -0.15) is 0 Å². The number of ether oxygens (including phenoxy) is 1. The van der Waals surface area contributed by atoms with Crippen molar-refractivity contribution < 1.29 is 9.53 Å². The van der Waals surface area contributed by atoms with E-state index in [-0.39, 0.29) is 5.91 Å². The molecule has 0 fully saturated rings. The lowest BCUT2D eigenvalue weighted by molar-refractivity contribution is 0.0937. The monoisotopic (exact) mass is 313 g/mol. The molecule has 0 radical (unpaired) electrons. The van der Waals surface area contributed by atoms with Crippen LogP contribution in [0.15, 0.2) is 42.6 Å². The van der Waals surface area contributed by atoms with Crippen molar-refractivity contribution in [1.82, 2.24) is 10.3 Å². The quantitative estimate of drug-likeness (QED) is 0.770. The molecule has 0 bridgehead atoms. The average Bonchev–Trinajstić information content (AvgIpc) is 2.56. The van der Waals surface area contributed by atoms with Crippen LogP contribution in [-0.4, -0.2) is 31.2 Å². The standard InChI is InChI=1S/C18H23N3O2/c1-13(2)14-4-7-16(8-5-14)21-17-9-6-15(12-20-17)18(22)19-10-11-23-3/h4-9,12-13H,10-11H2,1-3H3,(H,19,22)(H,20,21). The number of rotatable bonds is 7. The predicted octanol–water partition coefficient (Wildman–Crippen LogP) is 3.32. The van der Waals surface area contributed by atoms with Crippen molar-refractivity contribution in [3.8, 4) is 0 Å². The van der Waals surface area contributed by atoms with E-state index in [9.17, 15) is 4.79 Å². The van der Waals surface area contributed by atoms with E-state index in [1.165, 1.54) is 5.56 Å². The summed E-state index contributed by atoms with van der Waals surface area (Å²) >= 11 is 0. The first kappa shape index (κ1) is 17.0. The zero-order valence-corrected chi connectivity index (χ0v) is 13.8. The highest BCUT2D eigenvalue weighted by Crippen LogP contribution is 2.19. The highest BCUT2D eigenvalue weighted by Gasteiger charge is 2.06. The van der Waals surface area contributed by atoms with Crippen molar-refractivity contribution >= 4 is 17.4 Å². The van der Waals surface area contributed by atoms with Crippen LogP contribution < -0.4 is 10.6 Å². The van der Waals surface area contributed by atoms with E-state index in [0.717, 1.165) is 5.69 Å². The molecule has 2 rings (SSSR count). The van der Waals surface area contributed by atoms with E-state index >= 15 is 0 Å². The van der Waals surface area contributed by atoms with E-state index in [4.69, 9.17) is 4.74 Å². The number of nitrogens with zero attached hydrogens (tertiary/aromatic N) is 1. The number of nitrogens with one attached hydrogen (secondary N) is 2. The molecule has 0 aliphatic heterocycles. The Balaban J connectivity index is 1.95. The number of hydrogen-bond acceptors (Lipinski definition) is 4. The lowest BCUT2D eigenvalue weighted by atomic mass is 10.0. The average molecular weight is 313 g/mol. The van der Waals surface area contributed by atoms with Crippen LogP contribution in [0.3, 0.4) is 0 Å². The molecule has 23 heavy (non-hydrogen) atoms. The first-order chi connectivity index (χ1) is 11.1. The highest BCUT2D eigenvalue weighted by atomic mass is 16.5. The Morgan fingerprint density at radius 3 is 2.48 bits per heavy atom. The van der Waals surface area contributed by atoms with Gasteiger partial charge in [-0.25, -0.2) is 4.98 Å². The predicted molar refractivity (Wildman–Crippen MR) is 92.3 cm³/mol. The number of amides is 1. The first-order valence-electron chi connectivity index (χ1n) is 7.70. The smallest absolute Gasteiger partial charge is 0.252 e. The molecule has 1 heterocycles. The van der Waals surface area contributed by atoms with Gasteiger partial charge in [-0.3, -0.25) is 4.79 Å². The Kier molecular flexibility index (Phi) is 6.11.